The van der Waals surface area contributed by atoms with Crippen LogP contribution >= 0.6 is 6.49 Å². The average molecular weight is 420 g/mol. The van der Waals surface area contributed by atoms with Gasteiger partial charge in [0.1, 0.15) is 6.61 Å². The summed E-state index contributed by atoms with van der Waals surface area (Å²) in [5.41, 5.74) is 0.597. The Balaban J connectivity index is 1.90. The third kappa shape index (κ3) is 7.48. The van der Waals surface area contributed by atoms with Gasteiger partial charge in [-0.25, -0.2) is 4.79 Å². The minimum Gasteiger partial charge on any atom is -0.458 e. The molecule has 2 rings (SSSR count). The lowest BCUT2D eigenvalue weighted by atomic mass is 9.83. The number of hydrogen-bond donors (Lipinski definition) is 0. The highest BCUT2D eigenvalue weighted by atomic mass is 32.5. The van der Waals surface area contributed by atoms with Crippen LogP contribution in [0, 0.1) is 11.8 Å². The molecule has 5 atom stereocenters. The number of hydrogen-bond acceptors (Lipinski definition) is 5. The van der Waals surface area contributed by atoms with Crippen molar-refractivity contribution in [3.8, 4) is 0 Å². The van der Waals surface area contributed by atoms with Crippen LogP contribution in [0.4, 0.5) is 0 Å². The van der Waals surface area contributed by atoms with E-state index in [4.69, 9.17) is 33.4 Å². The quantitative estimate of drug-likeness (QED) is 0.268. The van der Waals surface area contributed by atoms with E-state index >= 15 is 0 Å². The molecule has 152 valence electrons. The molecule has 0 aromatic heterocycles. The van der Waals surface area contributed by atoms with Gasteiger partial charge < -0.3 is 13.8 Å². The van der Waals surface area contributed by atoms with E-state index in [0.29, 0.717) is 0 Å². The van der Waals surface area contributed by atoms with Crippen molar-refractivity contribution in [2.24, 2.45) is 11.8 Å². The summed E-state index contributed by atoms with van der Waals surface area (Å²) in [5, 5.41) is 0. The maximum atomic E-state index is 12.0. The summed E-state index contributed by atoms with van der Waals surface area (Å²) in [6, 6.07) is 9.60. The Kier molecular flexibility index (Phi) is 8.10. The minimum atomic E-state index is -2.41. The molecule has 2 unspecified atom stereocenters. The molecule has 2 radical (unpaired) electrons. The van der Waals surface area contributed by atoms with Crippen LogP contribution in [0.15, 0.2) is 42.5 Å². The zero-order chi connectivity index (χ0) is 20.9. The van der Waals surface area contributed by atoms with Gasteiger partial charge in [-0.1, -0.05) is 49.1 Å². The summed E-state index contributed by atoms with van der Waals surface area (Å²) in [5.74, 6) is -0.227. The minimum absolute atomic E-state index is 0.133. The van der Waals surface area contributed by atoms with Crippen LogP contribution in [-0.2, 0) is 37.0 Å². The Morgan fingerprint density at radius 2 is 1.96 bits per heavy atom. The number of ether oxygens (including phenoxy) is 1. The van der Waals surface area contributed by atoms with E-state index < -0.39 is 6.49 Å². The van der Waals surface area contributed by atoms with Crippen molar-refractivity contribution >= 4 is 32.1 Å². The second kappa shape index (κ2) is 9.71. The fourth-order valence-corrected chi connectivity index (χ4v) is 6.24. The van der Waals surface area contributed by atoms with Gasteiger partial charge in [-0.15, -0.1) is 0 Å². The molecule has 1 aromatic rings. The number of carbonyl (C=O) groups is 1. The van der Waals surface area contributed by atoms with E-state index in [2.05, 4.69) is 6.92 Å². The van der Waals surface area contributed by atoms with Gasteiger partial charge >= 0.3 is 5.97 Å². The van der Waals surface area contributed by atoms with Crippen molar-refractivity contribution in [1.29, 1.82) is 0 Å². The predicted molar refractivity (Wildman–Crippen MR) is 118 cm³/mol. The zero-order valence-electron chi connectivity index (χ0n) is 17.3. The fourth-order valence-electron chi connectivity index (χ4n) is 3.44. The van der Waals surface area contributed by atoms with Crippen LogP contribution in [0.1, 0.15) is 39.7 Å². The van der Waals surface area contributed by atoms with Gasteiger partial charge in [0.05, 0.1) is 19.6 Å². The highest BCUT2D eigenvalue weighted by Gasteiger charge is 2.40. The normalized spacial score (nSPS) is 27.6. The molecular weight excluding hydrogens is 390 g/mol. The Hall–Kier alpha value is -0.935. The first-order valence-electron chi connectivity index (χ1n) is 9.58. The van der Waals surface area contributed by atoms with Crippen molar-refractivity contribution in [1.82, 2.24) is 0 Å². The summed E-state index contributed by atoms with van der Waals surface area (Å²) >= 11 is 5.58. The molecule has 0 heterocycles. The number of benzene rings is 1. The van der Waals surface area contributed by atoms with Crippen molar-refractivity contribution in [2.45, 2.75) is 58.2 Å². The molecule has 0 saturated heterocycles. The predicted octanol–water partition coefficient (Wildman–Crippen LogP) is 5.04. The van der Waals surface area contributed by atoms with Crippen LogP contribution in [-0.4, -0.2) is 32.2 Å². The first-order valence-corrected chi connectivity index (χ1v) is 12.7. The molecule has 1 aliphatic carbocycles. The number of esters is 1. The van der Waals surface area contributed by atoms with E-state index in [-0.39, 0.29) is 41.9 Å². The van der Waals surface area contributed by atoms with Gasteiger partial charge in [0, 0.05) is 12.7 Å². The molecule has 1 fully saturated rings. The fraction of sp³-hybridized carbons (Fsp3) is 0.571. The molecule has 7 heteroatoms. The average Bonchev–Trinajstić information content (AvgIpc) is 2.84. The molecule has 1 aromatic carbocycles. The van der Waals surface area contributed by atoms with Crippen molar-refractivity contribution < 1.29 is 18.6 Å². The molecule has 0 aliphatic heterocycles. The molecule has 1 aliphatic rings. The van der Waals surface area contributed by atoms with Gasteiger partial charge in [-0.05, 0) is 56.4 Å². The summed E-state index contributed by atoms with van der Waals surface area (Å²) in [6.07, 6.45) is 3.92. The second-order valence-electron chi connectivity index (χ2n) is 8.42. The lowest BCUT2D eigenvalue weighted by Gasteiger charge is -2.32. The highest BCUT2D eigenvalue weighted by molar-refractivity contribution is 8.09. The molecule has 0 bridgehead atoms. The molecule has 0 N–H and O–H groups in total. The van der Waals surface area contributed by atoms with E-state index in [1.165, 1.54) is 6.08 Å². The Morgan fingerprint density at radius 1 is 1.32 bits per heavy atom. The van der Waals surface area contributed by atoms with Crippen LogP contribution in [0.5, 0.6) is 0 Å². The van der Waals surface area contributed by atoms with Crippen molar-refractivity contribution in [3.63, 3.8) is 0 Å². The lowest BCUT2D eigenvalue weighted by Crippen LogP contribution is -2.24. The largest absolute Gasteiger partial charge is 0.458 e. The zero-order valence-corrected chi connectivity index (χ0v) is 19.0. The van der Waals surface area contributed by atoms with Crippen molar-refractivity contribution in [2.75, 3.05) is 6.66 Å². The number of carbonyl (C=O) groups excluding carboxylic acids is 1. The maximum Gasteiger partial charge on any atom is 0.330 e. The Morgan fingerprint density at radius 3 is 2.57 bits per heavy atom. The SMILES string of the molecule is [B][C@@H]1C[C@H](/C=C/C(=O)OCc2ccccc2)C(C)[C@@H]1OP(C)(=S)OC(C)(C)C. The monoisotopic (exact) mass is 420 g/mol. The Labute approximate surface area is 175 Å². The molecule has 0 spiro atoms. The van der Waals surface area contributed by atoms with Crippen molar-refractivity contribution in [3.05, 3.63) is 48.0 Å². The molecular formula is C21H30BO4PS. The maximum absolute atomic E-state index is 12.0. The number of rotatable bonds is 7. The molecule has 4 nitrogen and oxygen atoms in total. The summed E-state index contributed by atoms with van der Waals surface area (Å²) in [4.78, 5) is 12.0. The van der Waals surface area contributed by atoms with Gasteiger partial charge in [0.15, 0.2) is 6.49 Å². The first-order chi connectivity index (χ1) is 13.0. The van der Waals surface area contributed by atoms with Crippen LogP contribution < -0.4 is 0 Å². The van der Waals surface area contributed by atoms with Gasteiger partial charge in [0.2, 0.25) is 0 Å². The topological polar surface area (TPSA) is 44.8 Å². The lowest BCUT2D eigenvalue weighted by molar-refractivity contribution is -0.139. The van der Waals surface area contributed by atoms with Gasteiger partial charge in [0.25, 0.3) is 0 Å². The summed E-state index contributed by atoms with van der Waals surface area (Å²) < 4.78 is 17.4. The molecule has 1 saturated carbocycles. The highest BCUT2D eigenvalue weighted by Crippen LogP contribution is 2.54. The Bertz CT molecular complexity index is 732. The smallest absolute Gasteiger partial charge is 0.330 e. The third-order valence-electron chi connectivity index (χ3n) is 4.62. The summed E-state index contributed by atoms with van der Waals surface area (Å²) in [7, 11) is 6.31. The summed E-state index contributed by atoms with van der Waals surface area (Å²) in [6.45, 7) is 7.67. The molecule has 0 amide bonds. The van der Waals surface area contributed by atoms with Gasteiger partial charge in [-0.2, -0.15) is 0 Å². The van der Waals surface area contributed by atoms with Crippen LogP contribution in [0.3, 0.4) is 0 Å². The second-order valence-corrected chi connectivity index (χ2v) is 12.3. The van der Waals surface area contributed by atoms with E-state index in [1.54, 1.807) is 0 Å². The van der Waals surface area contributed by atoms with E-state index in [0.717, 1.165) is 12.0 Å². The first kappa shape index (κ1) is 23.3. The third-order valence-corrected chi connectivity index (χ3v) is 6.60. The molecule has 28 heavy (non-hydrogen) atoms. The number of allylic oxidation sites excluding steroid dienone is 1. The van der Waals surface area contributed by atoms with E-state index in [9.17, 15) is 4.79 Å². The van der Waals surface area contributed by atoms with Gasteiger partial charge in [-0.3, -0.25) is 0 Å². The van der Waals surface area contributed by atoms with E-state index in [1.807, 2.05) is 63.8 Å². The van der Waals surface area contributed by atoms with Crippen LogP contribution in [0.25, 0.3) is 0 Å². The standard InChI is InChI=1S/C21H30BO4PS/c1-15-17(11-12-19(23)24-14-16-9-7-6-8-10-16)13-18(22)20(15)25-27(5,28)26-21(2,3)4/h6-12,15,17-18,20H,13-14H2,1-5H3/b12-11+/t15?,17-,18+,20-,27?/m0/s1. The van der Waals surface area contributed by atoms with Crippen LogP contribution in [0.2, 0.25) is 5.82 Å².